The van der Waals surface area contributed by atoms with Crippen LogP contribution in [-0.2, 0) is 6.54 Å². The number of rotatable bonds is 3. The lowest BCUT2D eigenvalue weighted by Gasteiger charge is -2.19. The van der Waals surface area contributed by atoms with Gasteiger partial charge in [0.05, 0.1) is 0 Å². The minimum atomic E-state index is 0.255. The molecule has 0 bridgehead atoms. The van der Waals surface area contributed by atoms with Crippen LogP contribution in [0, 0.1) is 5.92 Å². The van der Waals surface area contributed by atoms with Gasteiger partial charge in [0.2, 0.25) is 0 Å². The van der Waals surface area contributed by atoms with Crippen LogP contribution in [0.25, 0.3) is 10.9 Å². The number of Topliss-reactive ketones (excluding diaryl/α,β-unsaturated/α-hetero) is 1. The smallest absolute Gasteiger partial charge is 0.168 e. The molecule has 1 fully saturated rings. The zero-order valence-corrected chi connectivity index (χ0v) is 11.6. The minimum absolute atomic E-state index is 0.255. The molecule has 2 aromatic rings. The number of ketones is 1. The summed E-state index contributed by atoms with van der Waals surface area (Å²) in [6.45, 7) is 3.04. The maximum absolute atomic E-state index is 12.7. The fraction of sp³-hybridized carbons (Fsp3) is 0.471. The van der Waals surface area contributed by atoms with E-state index in [4.69, 9.17) is 0 Å². The summed E-state index contributed by atoms with van der Waals surface area (Å²) >= 11 is 0. The van der Waals surface area contributed by atoms with Crippen molar-refractivity contribution < 1.29 is 4.79 Å². The van der Waals surface area contributed by atoms with Crippen molar-refractivity contribution in [3.8, 4) is 0 Å². The summed E-state index contributed by atoms with van der Waals surface area (Å²) in [5.74, 6) is 0.618. The molecule has 19 heavy (non-hydrogen) atoms. The highest BCUT2D eigenvalue weighted by Gasteiger charge is 2.24. The van der Waals surface area contributed by atoms with Gasteiger partial charge >= 0.3 is 0 Å². The van der Waals surface area contributed by atoms with Crippen LogP contribution in [0.15, 0.2) is 30.5 Å². The predicted molar refractivity (Wildman–Crippen MR) is 78.5 cm³/mol. The third kappa shape index (κ3) is 2.20. The van der Waals surface area contributed by atoms with E-state index in [1.54, 1.807) is 0 Å². The molecule has 1 saturated carbocycles. The first kappa shape index (κ1) is 12.5. The van der Waals surface area contributed by atoms with E-state index in [-0.39, 0.29) is 5.92 Å². The third-order valence-corrected chi connectivity index (χ3v) is 4.37. The number of carbonyl (C=O) groups is 1. The number of para-hydroxylation sites is 1. The molecule has 3 rings (SSSR count). The molecule has 0 atom stereocenters. The molecule has 0 spiro atoms. The molecule has 0 amide bonds. The Kier molecular flexibility index (Phi) is 3.41. The molecule has 1 aliphatic carbocycles. The van der Waals surface area contributed by atoms with Crippen molar-refractivity contribution in [2.24, 2.45) is 5.92 Å². The van der Waals surface area contributed by atoms with Gasteiger partial charge in [0, 0.05) is 35.1 Å². The summed E-state index contributed by atoms with van der Waals surface area (Å²) in [6, 6.07) is 8.26. The van der Waals surface area contributed by atoms with Gasteiger partial charge in [-0.2, -0.15) is 0 Å². The second kappa shape index (κ2) is 5.20. The normalized spacial score (nSPS) is 16.9. The Balaban J connectivity index is 2.02. The second-order valence-electron chi connectivity index (χ2n) is 5.55. The largest absolute Gasteiger partial charge is 0.347 e. The Labute approximate surface area is 114 Å². The van der Waals surface area contributed by atoms with Crippen molar-refractivity contribution >= 4 is 16.7 Å². The lowest BCUT2D eigenvalue weighted by molar-refractivity contribution is 0.0891. The lowest BCUT2D eigenvalue weighted by Crippen LogP contribution is -2.17. The molecule has 0 radical (unpaired) electrons. The van der Waals surface area contributed by atoms with Crippen molar-refractivity contribution in [1.82, 2.24) is 4.57 Å². The number of hydrogen-bond acceptors (Lipinski definition) is 1. The van der Waals surface area contributed by atoms with Crippen LogP contribution in [0.5, 0.6) is 0 Å². The lowest BCUT2D eigenvalue weighted by atomic mass is 9.84. The van der Waals surface area contributed by atoms with Crippen LogP contribution >= 0.6 is 0 Å². The second-order valence-corrected chi connectivity index (χ2v) is 5.55. The van der Waals surface area contributed by atoms with Crippen molar-refractivity contribution in [2.45, 2.75) is 45.6 Å². The van der Waals surface area contributed by atoms with Crippen LogP contribution in [0.3, 0.4) is 0 Å². The topological polar surface area (TPSA) is 22.0 Å². The number of aryl methyl sites for hydroxylation is 1. The number of hydrogen-bond donors (Lipinski definition) is 0. The van der Waals surface area contributed by atoms with Gasteiger partial charge in [0.25, 0.3) is 0 Å². The van der Waals surface area contributed by atoms with Crippen LogP contribution in [-0.4, -0.2) is 10.4 Å². The highest BCUT2D eigenvalue weighted by Crippen LogP contribution is 2.30. The fourth-order valence-corrected chi connectivity index (χ4v) is 3.29. The van der Waals surface area contributed by atoms with E-state index in [0.29, 0.717) is 5.78 Å². The van der Waals surface area contributed by atoms with Gasteiger partial charge < -0.3 is 4.57 Å². The third-order valence-electron chi connectivity index (χ3n) is 4.37. The van der Waals surface area contributed by atoms with E-state index < -0.39 is 0 Å². The molecule has 2 nitrogen and oxygen atoms in total. The van der Waals surface area contributed by atoms with E-state index in [0.717, 1.165) is 30.3 Å². The van der Waals surface area contributed by atoms with Gasteiger partial charge in [0.1, 0.15) is 0 Å². The van der Waals surface area contributed by atoms with Crippen LogP contribution in [0.4, 0.5) is 0 Å². The van der Waals surface area contributed by atoms with Crippen molar-refractivity contribution in [1.29, 1.82) is 0 Å². The zero-order chi connectivity index (χ0) is 13.2. The van der Waals surface area contributed by atoms with Crippen LogP contribution < -0.4 is 0 Å². The quantitative estimate of drug-likeness (QED) is 0.744. The number of carbonyl (C=O) groups excluding carboxylic acids is 1. The first-order valence-corrected chi connectivity index (χ1v) is 7.43. The van der Waals surface area contributed by atoms with Gasteiger partial charge in [-0.05, 0) is 25.8 Å². The molecule has 0 saturated heterocycles. The average Bonchev–Trinajstić information content (AvgIpc) is 2.86. The first-order valence-electron chi connectivity index (χ1n) is 7.43. The van der Waals surface area contributed by atoms with E-state index in [1.807, 2.05) is 12.1 Å². The molecule has 1 heterocycles. The maximum Gasteiger partial charge on any atom is 0.168 e. The Morgan fingerprint density at radius 1 is 1.21 bits per heavy atom. The molecule has 1 aromatic carbocycles. The Morgan fingerprint density at radius 3 is 2.68 bits per heavy atom. The molecule has 100 valence electrons. The van der Waals surface area contributed by atoms with Gasteiger partial charge in [0.15, 0.2) is 5.78 Å². The molecular formula is C17H21NO. The minimum Gasteiger partial charge on any atom is -0.347 e. The Bertz CT molecular complexity index is 590. The monoisotopic (exact) mass is 255 g/mol. The van der Waals surface area contributed by atoms with Gasteiger partial charge in [-0.3, -0.25) is 4.79 Å². The Morgan fingerprint density at radius 2 is 1.95 bits per heavy atom. The molecule has 0 N–H and O–H groups in total. The van der Waals surface area contributed by atoms with Crippen molar-refractivity contribution in [2.75, 3.05) is 0 Å². The van der Waals surface area contributed by atoms with E-state index in [2.05, 4.69) is 29.8 Å². The fourth-order valence-electron chi connectivity index (χ4n) is 3.29. The first-order chi connectivity index (χ1) is 9.31. The van der Waals surface area contributed by atoms with Crippen molar-refractivity contribution in [3.05, 3.63) is 36.0 Å². The summed E-state index contributed by atoms with van der Waals surface area (Å²) < 4.78 is 2.19. The summed E-state index contributed by atoms with van der Waals surface area (Å²) in [6.07, 6.45) is 7.92. The highest BCUT2D eigenvalue weighted by molar-refractivity contribution is 6.09. The van der Waals surface area contributed by atoms with Crippen LogP contribution in [0.1, 0.15) is 49.4 Å². The average molecular weight is 255 g/mol. The SMILES string of the molecule is CCn1cc(C(=O)C2CCCCC2)c2ccccc21. The van der Waals surface area contributed by atoms with E-state index in [1.165, 1.54) is 24.8 Å². The predicted octanol–water partition coefficient (Wildman–Crippen LogP) is 4.42. The molecule has 2 heteroatoms. The van der Waals surface area contributed by atoms with Gasteiger partial charge in [-0.1, -0.05) is 37.5 Å². The van der Waals surface area contributed by atoms with E-state index in [9.17, 15) is 4.79 Å². The Hall–Kier alpha value is -1.57. The maximum atomic E-state index is 12.7. The molecule has 1 aromatic heterocycles. The summed E-state index contributed by atoms with van der Waals surface area (Å²) in [4.78, 5) is 12.7. The number of aromatic nitrogens is 1. The number of nitrogens with zero attached hydrogens (tertiary/aromatic N) is 1. The number of fused-ring (bicyclic) bond motifs is 1. The summed E-state index contributed by atoms with van der Waals surface area (Å²) in [5.41, 5.74) is 2.12. The highest BCUT2D eigenvalue weighted by atomic mass is 16.1. The van der Waals surface area contributed by atoms with E-state index >= 15 is 0 Å². The van der Waals surface area contributed by atoms with Gasteiger partial charge in [-0.15, -0.1) is 0 Å². The molecular weight excluding hydrogens is 234 g/mol. The van der Waals surface area contributed by atoms with Crippen LogP contribution in [0.2, 0.25) is 0 Å². The summed E-state index contributed by atoms with van der Waals surface area (Å²) in [5, 5.41) is 1.12. The molecule has 0 aliphatic heterocycles. The van der Waals surface area contributed by atoms with Gasteiger partial charge in [-0.25, -0.2) is 0 Å². The number of benzene rings is 1. The zero-order valence-electron chi connectivity index (χ0n) is 11.6. The standard InChI is InChI=1S/C17H21NO/c1-2-18-12-15(14-10-6-7-11-16(14)18)17(19)13-8-4-3-5-9-13/h6-7,10-13H,2-5,8-9H2,1H3. The molecule has 0 unspecified atom stereocenters. The summed E-state index contributed by atoms with van der Waals surface area (Å²) in [7, 11) is 0. The van der Waals surface area contributed by atoms with Crippen molar-refractivity contribution in [3.63, 3.8) is 0 Å². The molecule has 1 aliphatic rings.